The van der Waals surface area contributed by atoms with Gasteiger partial charge < -0.3 is 20.5 Å². The van der Waals surface area contributed by atoms with E-state index >= 15 is 0 Å². The first kappa shape index (κ1) is 35.9. The first-order valence-corrected chi connectivity index (χ1v) is 16.8. The zero-order chi connectivity index (χ0) is 26.7. The lowest BCUT2D eigenvalue weighted by Gasteiger charge is -2.19. The molecule has 0 heterocycles. The lowest BCUT2D eigenvalue weighted by molar-refractivity contribution is -0.137. The van der Waals surface area contributed by atoms with E-state index < -0.39 is 13.8 Å². The Morgan fingerprint density at radius 1 is 0.833 bits per heavy atom. The molecule has 8 nitrogen and oxygen atoms in total. The summed E-state index contributed by atoms with van der Waals surface area (Å²) >= 11 is 1.75. The minimum absolute atomic E-state index is 0.0526. The number of carboxylic acid groups (broad SMARTS) is 1. The highest BCUT2D eigenvalue weighted by Gasteiger charge is 2.23. The third-order valence-electron chi connectivity index (χ3n) is 5.88. The van der Waals surface area contributed by atoms with Gasteiger partial charge in [0.05, 0.1) is 19.3 Å². The normalized spacial score (nSPS) is 14.1. The zero-order valence-electron chi connectivity index (χ0n) is 22.7. The highest BCUT2D eigenvalue weighted by Crippen LogP contribution is 2.43. The maximum Gasteiger partial charge on any atom is 0.472 e. The summed E-state index contributed by atoms with van der Waals surface area (Å²) in [5.74, 6) is 0.836. The average Bonchev–Trinajstić information content (AvgIpc) is 2.84. The van der Waals surface area contributed by atoms with Gasteiger partial charge in [-0.1, -0.05) is 90.4 Å². The molecule has 216 valence electrons. The minimum atomic E-state index is -4.14. The Morgan fingerprint density at radius 2 is 1.39 bits per heavy atom. The molecule has 1 unspecified atom stereocenters. The molecule has 0 amide bonds. The van der Waals surface area contributed by atoms with Gasteiger partial charge in [0.2, 0.25) is 0 Å². The van der Waals surface area contributed by atoms with Crippen LogP contribution in [0.25, 0.3) is 0 Å². The van der Waals surface area contributed by atoms with Crippen molar-refractivity contribution in [2.45, 2.75) is 122 Å². The Kier molecular flexibility index (Phi) is 26.3. The largest absolute Gasteiger partial charge is 0.481 e. The van der Waals surface area contributed by atoms with Gasteiger partial charge in [0.1, 0.15) is 0 Å². The quantitative estimate of drug-likeness (QED) is 0.0664. The van der Waals surface area contributed by atoms with Crippen LogP contribution in [0, 0.1) is 0 Å². The Morgan fingerprint density at radius 3 is 1.92 bits per heavy atom. The molecular formula is C26H54NO7PS. The standard InChI is InChI=1S/C26H54NO7PS/c1-2-3-4-5-6-7-8-9-10-11-12-13-14-17-22-36-24-25(32-20-16-15-18-26(28)29)23-34-35(30,31)33-21-19-27/h25H,2-24,27H2,1H3,(H,28,29)(H,30,31)/t25-/m1/s1. The van der Waals surface area contributed by atoms with E-state index in [4.69, 9.17) is 24.6 Å². The molecule has 10 heteroatoms. The molecule has 0 radical (unpaired) electrons. The molecule has 36 heavy (non-hydrogen) atoms. The number of hydrogen-bond donors (Lipinski definition) is 3. The van der Waals surface area contributed by atoms with Crippen molar-refractivity contribution >= 4 is 25.6 Å². The van der Waals surface area contributed by atoms with Crippen molar-refractivity contribution in [3.05, 3.63) is 0 Å². The number of phosphoric acid groups is 1. The summed E-state index contributed by atoms with van der Waals surface area (Å²) in [6, 6.07) is 0. The molecule has 0 aromatic rings. The summed E-state index contributed by atoms with van der Waals surface area (Å²) in [4.78, 5) is 20.3. The predicted molar refractivity (Wildman–Crippen MR) is 150 cm³/mol. The summed E-state index contributed by atoms with van der Waals surface area (Å²) in [5, 5.41) is 8.73. The molecule has 0 aromatic carbocycles. The molecule has 0 fully saturated rings. The number of nitrogens with two attached hydrogens (primary N) is 1. The van der Waals surface area contributed by atoms with E-state index in [2.05, 4.69) is 6.92 Å². The van der Waals surface area contributed by atoms with Gasteiger partial charge in [-0.15, -0.1) is 0 Å². The van der Waals surface area contributed by atoms with Crippen LogP contribution in [0.5, 0.6) is 0 Å². The van der Waals surface area contributed by atoms with Gasteiger partial charge in [0.25, 0.3) is 0 Å². The van der Waals surface area contributed by atoms with Gasteiger partial charge >= 0.3 is 13.8 Å². The van der Waals surface area contributed by atoms with E-state index in [0.717, 1.165) is 12.2 Å². The van der Waals surface area contributed by atoms with Crippen LogP contribution in [0.2, 0.25) is 0 Å². The molecule has 0 aliphatic rings. The molecule has 4 N–H and O–H groups in total. The number of carboxylic acids is 1. The van der Waals surface area contributed by atoms with Crippen molar-refractivity contribution in [3.8, 4) is 0 Å². The summed E-state index contributed by atoms with van der Waals surface area (Å²) in [5.41, 5.74) is 5.30. The average molecular weight is 556 g/mol. The van der Waals surface area contributed by atoms with Gasteiger partial charge in [-0.05, 0) is 25.0 Å². The monoisotopic (exact) mass is 555 g/mol. The number of ether oxygens (including phenoxy) is 1. The van der Waals surface area contributed by atoms with Crippen molar-refractivity contribution < 1.29 is 33.1 Å². The maximum absolute atomic E-state index is 11.9. The highest BCUT2D eigenvalue weighted by molar-refractivity contribution is 7.99. The van der Waals surface area contributed by atoms with E-state index in [1.54, 1.807) is 11.8 Å². The number of hydrogen-bond acceptors (Lipinski definition) is 7. The van der Waals surface area contributed by atoms with Crippen molar-refractivity contribution in [2.75, 3.05) is 37.9 Å². The number of aliphatic carboxylic acids is 1. The number of rotatable bonds is 29. The molecule has 2 atom stereocenters. The van der Waals surface area contributed by atoms with E-state index in [0.29, 0.717) is 25.2 Å². The fraction of sp³-hybridized carbons (Fsp3) is 0.962. The second-order valence-electron chi connectivity index (χ2n) is 9.40. The van der Waals surface area contributed by atoms with Gasteiger partial charge in [-0.3, -0.25) is 13.8 Å². The zero-order valence-corrected chi connectivity index (χ0v) is 24.4. The summed E-state index contributed by atoms with van der Waals surface area (Å²) in [6.45, 7) is 2.68. The summed E-state index contributed by atoms with van der Waals surface area (Å²) in [7, 11) is -4.14. The Labute approximate surface area is 224 Å². The van der Waals surface area contributed by atoms with Gasteiger partial charge in [-0.25, -0.2) is 4.57 Å². The Bertz CT molecular complexity index is 542. The topological polar surface area (TPSA) is 128 Å². The van der Waals surface area contributed by atoms with Gasteiger partial charge in [0.15, 0.2) is 0 Å². The first-order chi connectivity index (χ1) is 17.4. The third kappa shape index (κ3) is 26.9. The molecule has 0 bridgehead atoms. The van der Waals surface area contributed by atoms with E-state index in [-0.39, 0.29) is 32.3 Å². The summed E-state index contributed by atoms with van der Waals surface area (Å²) in [6.07, 6.45) is 19.6. The molecule has 0 aliphatic heterocycles. The summed E-state index contributed by atoms with van der Waals surface area (Å²) < 4.78 is 27.5. The lowest BCUT2D eigenvalue weighted by Crippen LogP contribution is -2.23. The highest BCUT2D eigenvalue weighted by atomic mass is 32.2. The molecule has 0 aliphatic carbocycles. The van der Waals surface area contributed by atoms with Crippen LogP contribution in [0.1, 0.15) is 116 Å². The van der Waals surface area contributed by atoms with Crippen LogP contribution in [0.3, 0.4) is 0 Å². The lowest BCUT2D eigenvalue weighted by atomic mass is 10.0. The Balaban J connectivity index is 3.85. The molecule has 0 saturated carbocycles. The van der Waals surface area contributed by atoms with Crippen molar-refractivity contribution in [2.24, 2.45) is 5.73 Å². The van der Waals surface area contributed by atoms with Gasteiger partial charge in [-0.2, -0.15) is 11.8 Å². The number of phosphoric ester groups is 1. The first-order valence-electron chi connectivity index (χ1n) is 14.1. The second-order valence-corrected chi connectivity index (χ2v) is 12.0. The third-order valence-corrected chi connectivity index (χ3v) is 8.05. The Hall–Kier alpha value is -0.150. The van der Waals surface area contributed by atoms with E-state index in [1.165, 1.54) is 83.5 Å². The molecule has 0 spiro atoms. The van der Waals surface area contributed by atoms with Crippen molar-refractivity contribution in [1.29, 1.82) is 0 Å². The maximum atomic E-state index is 11.9. The van der Waals surface area contributed by atoms with E-state index in [1.807, 2.05) is 0 Å². The number of unbranched alkanes of at least 4 members (excludes halogenated alkanes) is 14. The number of thioether (sulfide) groups is 1. The van der Waals surface area contributed by atoms with Crippen LogP contribution >= 0.6 is 19.6 Å². The predicted octanol–water partition coefficient (Wildman–Crippen LogP) is 6.93. The minimum Gasteiger partial charge on any atom is -0.481 e. The van der Waals surface area contributed by atoms with Gasteiger partial charge in [0, 0.05) is 25.3 Å². The SMILES string of the molecule is CCCCCCCCCCCCCCCCSC[C@@H](COP(=O)(O)OCCN)OCCCCC(=O)O. The van der Waals surface area contributed by atoms with Crippen LogP contribution < -0.4 is 5.73 Å². The fourth-order valence-corrected chi connectivity index (χ4v) is 5.56. The smallest absolute Gasteiger partial charge is 0.472 e. The molecule has 0 aromatic heterocycles. The van der Waals surface area contributed by atoms with Crippen LogP contribution in [-0.4, -0.2) is 59.9 Å². The second kappa shape index (κ2) is 26.5. The van der Waals surface area contributed by atoms with Crippen molar-refractivity contribution in [1.82, 2.24) is 0 Å². The van der Waals surface area contributed by atoms with Crippen LogP contribution in [0.4, 0.5) is 0 Å². The van der Waals surface area contributed by atoms with Crippen LogP contribution in [0.15, 0.2) is 0 Å². The van der Waals surface area contributed by atoms with Crippen molar-refractivity contribution in [3.63, 3.8) is 0 Å². The fourth-order valence-electron chi connectivity index (χ4n) is 3.77. The molecule has 0 rings (SSSR count). The molecular weight excluding hydrogens is 501 g/mol. The van der Waals surface area contributed by atoms with Crippen LogP contribution in [-0.2, 0) is 23.1 Å². The van der Waals surface area contributed by atoms with E-state index in [9.17, 15) is 14.3 Å². The molecule has 0 saturated heterocycles. The number of carbonyl (C=O) groups is 1.